The van der Waals surface area contributed by atoms with E-state index in [9.17, 15) is 9.59 Å². The van der Waals surface area contributed by atoms with E-state index in [1.54, 1.807) is 25.1 Å². The van der Waals surface area contributed by atoms with Crippen molar-refractivity contribution in [2.24, 2.45) is 0 Å². The number of rotatable bonds is 8. The van der Waals surface area contributed by atoms with E-state index in [0.717, 1.165) is 0 Å². The van der Waals surface area contributed by atoms with Gasteiger partial charge in [-0.2, -0.15) is 0 Å². The van der Waals surface area contributed by atoms with E-state index in [-0.39, 0.29) is 0 Å². The van der Waals surface area contributed by atoms with Gasteiger partial charge >= 0.3 is 5.97 Å². The van der Waals surface area contributed by atoms with Crippen LogP contribution in [0.5, 0.6) is 11.5 Å². The number of carbonyl (C=O) groups excluding carboxylic acids is 1. The lowest BCUT2D eigenvalue weighted by molar-refractivity contribution is -0.139. The normalized spacial score (nSPS) is 11.3. The van der Waals surface area contributed by atoms with Gasteiger partial charge in [0.1, 0.15) is 12.6 Å². The van der Waals surface area contributed by atoms with E-state index in [2.05, 4.69) is 11.9 Å². The first-order valence-corrected chi connectivity index (χ1v) is 6.48. The van der Waals surface area contributed by atoms with Gasteiger partial charge in [-0.1, -0.05) is 19.6 Å². The van der Waals surface area contributed by atoms with Crippen LogP contribution in [0.2, 0.25) is 0 Å². The minimum Gasteiger partial charge on any atom is -0.493 e. The van der Waals surface area contributed by atoms with Gasteiger partial charge in [0, 0.05) is 5.56 Å². The predicted octanol–water partition coefficient (Wildman–Crippen LogP) is 1.85. The summed E-state index contributed by atoms with van der Waals surface area (Å²) in [5.41, 5.74) is 0.303. The molecule has 0 fully saturated rings. The van der Waals surface area contributed by atoms with E-state index in [1.807, 2.05) is 0 Å². The summed E-state index contributed by atoms with van der Waals surface area (Å²) in [6.07, 6.45) is 1.90. The number of benzene rings is 1. The Morgan fingerprint density at radius 1 is 1.43 bits per heavy atom. The Kier molecular flexibility index (Phi) is 6.26. The highest BCUT2D eigenvalue weighted by Gasteiger charge is 2.19. The average molecular weight is 293 g/mol. The highest BCUT2D eigenvalue weighted by Crippen LogP contribution is 2.28. The maximum absolute atomic E-state index is 12.0. The van der Waals surface area contributed by atoms with Crippen LogP contribution in [0.4, 0.5) is 0 Å². The molecule has 1 amide bonds. The second-order valence-corrected chi connectivity index (χ2v) is 4.24. The molecule has 1 unspecified atom stereocenters. The molecule has 0 aromatic heterocycles. The molecule has 0 saturated carbocycles. The molecular weight excluding hydrogens is 274 g/mol. The fourth-order valence-electron chi connectivity index (χ4n) is 1.66. The summed E-state index contributed by atoms with van der Waals surface area (Å²) in [6.45, 7) is 5.55. The highest BCUT2D eigenvalue weighted by atomic mass is 16.5. The Hall–Kier alpha value is -2.50. The number of hydrogen-bond acceptors (Lipinski definition) is 4. The van der Waals surface area contributed by atoms with Gasteiger partial charge in [0.05, 0.1) is 7.11 Å². The van der Waals surface area contributed by atoms with E-state index in [4.69, 9.17) is 14.6 Å². The van der Waals surface area contributed by atoms with Gasteiger partial charge in [-0.3, -0.25) is 4.79 Å². The molecule has 1 atom stereocenters. The van der Waals surface area contributed by atoms with Crippen LogP contribution in [0.25, 0.3) is 0 Å². The molecule has 114 valence electrons. The summed E-state index contributed by atoms with van der Waals surface area (Å²) >= 11 is 0. The molecule has 1 rings (SSSR count). The van der Waals surface area contributed by atoms with Crippen LogP contribution >= 0.6 is 0 Å². The lowest BCUT2D eigenvalue weighted by atomic mass is 10.1. The highest BCUT2D eigenvalue weighted by molar-refractivity contribution is 5.97. The molecule has 2 N–H and O–H groups in total. The van der Waals surface area contributed by atoms with Gasteiger partial charge in [0.15, 0.2) is 11.5 Å². The topological polar surface area (TPSA) is 84.9 Å². The summed E-state index contributed by atoms with van der Waals surface area (Å²) < 4.78 is 10.5. The Balaban J connectivity index is 2.90. The molecule has 0 bridgehead atoms. The summed E-state index contributed by atoms with van der Waals surface area (Å²) in [5, 5.41) is 11.4. The van der Waals surface area contributed by atoms with Gasteiger partial charge in [0.2, 0.25) is 0 Å². The Bertz CT molecular complexity index is 527. The SMILES string of the molecule is C=CCOc1ccc(C(=O)NC(CC)C(=O)O)cc1OC. The zero-order valence-electron chi connectivity index (χ0n) is 12.1. The van der Waals surface area contributed by atoms with Crippen LogP contribution in [0.15, 0.2) is 30.9 Å². The molecule has 21 heavy (non-hydrogen) atoms. The first-order valence-electron chi connectivity index (χ1n) is 6.48. The summed E-state index contributed by atoms with van der Waals surface area (Å²) in [7, 11) is 1.46. The third-order valence-corrected chi connectivity index (χ3v) is 2.79. The van der Waals surface area contributed by atoms with Crippen LogP contribution in [0.3, 0.4) is 0 Å². The number of nitrogens with one attached hydrogen (secondary N) is 1. The van der Waals surface area contributed by atoms with Gasteiger partial charge in [0.25, 0.3) is 5.91 Å². The van der Waals surface area contributed by atoms with E-state index in [1.165, 1.54) is 13.2 Å². The maximum Gasteiger partial charge on any atom is 0.326 e. The van der Waals surface area contributed by atoms with Crippen molar-refractivity contribution in [1.29, 1.82) is 0 Å². The van der Waals surface area contributed by atoms with E-state index >= 15 is 0 Å². The van der Waals surface area contributed by atoms with Crippen molar-refractivity contribution in [3.8, 4) is 11.5 Å². The molecule has 0 spiro atoms. The minimum absolute atomic E-state index is 0.303. The molecule has 0 aliphatic rings. The van der Waals surface area contributed by atoms with Crippen molar-refractivity contribution in [1.82, 2.24) is 5.32 Å². The Morgan fingerprint density at radius 2 is 2.14 bits per heavy atom. The molecule has 0 radical (unpaired) electrons. The minimum atomic E-state index is -1.07. The van der Waals surface area contributed by atoms with Crippen molar-refractivity contribution >= 4 is 11.9 Å². The van der Waals surface area contributed by atoms with Crippen molar-refractivity contribution in [3.05, 3.63) is 36.4 Å². The van der Waals surface area contributed by atoms with Crippen molar-refractivity contribution in [3.63, 3.8) is 0 Å². The number of hydrogen-bond donors (Lipinski definition) is 2. The molecule has 0 aliphatic carbocycles. The van der Waals surface area contributed by atoms with Crippen molar-refractivity contribution in [2.45, 2.75) is 19.4 Å². The summed E-state index contributed by atoms with van der Waals surface area (Å²) in [5.74, 6) is -0.659. The molecule has 0 saturated heterocycles. The van der Waals surface area contributed by atoms with Crippen molar-refractivity contribution < 1.29 is 24.2 Å². The summed E-state index contributed by atoms with van der Waals surface area (Å²) in [6, 6.07) is 3.73. The molecule has 6 nitrogen and oxygen atoms in total. The smallest absolute Gasteiger partial charge is 0.326 e. The largest absolute Gasteiger partial charge is 0.493 e. The molecule has 1 aromatic rings. The number of carbonyl (C=O) groups is 2. The van der Waals surface area contributed by atoms with Crippen molar-refractivity contribution in [2.75, 3.05) is 13.7 Å². The predicted molar refractivity (Wildman–Crippen MR) is 77.9 cm³/mol. The third-order valence-electron chi connectivity index (χ3n) is 2.79. The Labute approximate surface area is 123 Å². The fourth-order valence-corrected chi connectivity index (χ4v) is 1.66. The lowest BCUT2D eigenvalue weighted by Gasteiger charge is -2.14. The van der Waals surface area contributed by atoms with Gasteiger partial charge in [-0.15, -0.1) is 0 Å². The number of carboxylic acid groups (broad SMARTS) is 1. The average Bonchev–Trinajstić information content (AvgIpc) is 2.49. The standard InChI is InChI=1S/C15H19NO5/c1-4-8-21-12-7-6-10(9-13(12)20-3)14(17)16-11(5-2)15(18)19/h4,6-7,9,11H,1,5,8H2,2-3H3,(H,16,17)(H,18,19). The first-order chi connectivity index (χ1) is 10.0. The van der Waals surface area contributed by atoms with Crippen LogP contribution < -0.4 is 14.8 Å². The number of methoxy groups -OCH3 is 1. The first kappa shape index (κ1) is 16.6. The number of ether oxygens (including phenoxy) is 2. The van der Waals surface area contributed by atoms with Gasteiger partial charge < -0.3 is 19.9 Å². The monoisotopic (exact) mass is 293 g/mol. The molecule has 0 heterocycles. The zero-order valence-corrected chi connectivity index (χ0v) is 12.1. The molecule has 1 aromatic carbocycles. The van der Waals surface area contributed by atoms with E-state index in [0.29, 0.717) is 30.1 Å². The fraction of sp³-hybridized carbons (Fsp3) is 0.333. The van der Waals surface area contributed by atoms with Gasteiger partial charge in [-0.05, 0) is 24.6 Å². The quantitative estimate of drug-likeness (QED) is 0.715. The lowest BCUT2D eigenvalue weighted by Crippen LogP contribution is -2.40. The molecular formula is C15H19NO5. The van der Waals surface area contributed by atoms with Crippen LogP contribution in [0.1, 0.15) is 23.7 Å². The molecule has 6 heteroatoms. The van der Waals surface area contributed by atoms with Gasteiger partial charge in [-0.25, -0.2) is 4.79 Å². The third kappa shape index (κ3) is 4.52. The zero-order chi connectivity index (χ0) is 15.8. The van der Waals surface area contributed by atoms with E-state index < -0.39 is 17.9 Å². The van der Waals surface area contributed by atoms with Crippen LogP contribution in [-0.2, 0) is 4.79 Å². The summed E-state index contributed by atoms with van der Waals surface area (Å²) in [4.78, 5) is 22.9. The van der Waals surface area contributed by atoms with Crippen LogP contribution in [0, 0.1) is 0 Å². The number of aliphatic carboxylic acids is 1. The van der Waals surface area contributed by atoms with Crippen LogP contribution in [-0.4, -0.2) is 36.7 Å². The number of carboxylic acids is 1. The number of amides is 1. The molecule has 0 aliphatic heterocycles. The second kappa shape index (κ2) is 7.94. The Morgan fingerprint density at radius 3 is 2.67 bits per heavy atom. The maximum atomic E-state index is 12.0. The second-order valence-electron chi connectivity index (χ2n) is 4.24.